The standard InChI is InChI=1S/C29H37N3O5/c1-6-17(2)20(16-33)32-25-28(36)31(24-18(3)10-7-11-19(24)4)15-9-13-29(25)23(27(32)35)22-21(37-29)12-8-14-30(5)26(22)34/h7-13,17,20-23,25,33H,6,14-16H2,1-5H3/t17-,20-,21-,22+,23-,25?,29-/m0/s1. The molecule has 4 aliphatic rings. The number of benzene rings is 1. The molecule has 5 rings (SSSR count). The number of fused-ring (bicyclic) bond motifs is 2. The van der Waals surface area contributed by atoms with Crippen molar-refractivity contribution in [2.24, 2.45) is 17.8 Å². The normalized spacial score (nSPS) is 32.7. The molecule has 2 fully saturated rings. The SMILES string of the molecule is CC[C@H](C)[C@H](CO)N1C(=O)[C@@H]2[C@@H]3C(=O)N(C)CC=C[C@@H]3O[C@@]23C=CCN(c2c(C)cccc2C)C(=O)C13. The van der Waals surface area contributed by atoms with Gasteiger partial charge in [0.1, 0.15) is 11.6 Å². The van der Waals surface area contributed by atoms with Crippen molar-refractivity contribution in [2.45, 2.75) is 57.9 Å². The minimum atomic E-state index is -1.30. The lowest BCUT2D eigenvalue weighted by Gasteiger charge is -2.40. The first kappa shape index (κ1) is 25.7. The lowest BCUT2D eigenvalue weighted by Crippen LogP contribution is -2.59. The lowest BCUT2D eigenvalue weighted by atomic mass is 9.77. The van der Waals surface area contributed by atoms with Crippen LogP contribution in [0.25, 0.3) is 0 Å². The second kappa shape index (κ2) is 9.40. The molecule has 1 aromatic rings. The molecular formula is C29H37N3O5. The van der Waals surface area contributed by atoms with Gasteiger partial charge in [-0.15, -0.1) is 0 Å². The van der Waals surface area contributed by atoms with Gasteiger partial charge < -0.3 is 24.5 Å². The molecule has 198 valence electrons. The van der Waals surface area contributed by atoms with E-state index in [0.717, 1.165) is 23.2 Å². The Morgan fingerprint density at radius 2 is 1.78 bits per heavy atom. The molecule has 2 saturated heterocycles. The highest BCUT2D eigenvalue weighted by molar-refractivity contribution is 6.06. The Bertz CT molecular complexity index is 1160. The van der Waals surface area contributed by atoms with Crippen molar-refractivity contribution in [1.82, 2.24) is 9.80 Å². The number of likely N-dealkylation sites (N-methyl/N-ethyl adjacent to an activating group) is 1. The van der Waals surface area contributed by atoms with Gasteiger partial charge in [-0.25, -0.2) is 0 Å². The highest BCUT2D eigenvalue weighted by Gasteiger charge is 2.72. The molecule has 8 nitrogen and oxygen atoms in total. The molecule has 0 aliphatic carbocycles. The third-order valence-electron chi connectivity index (χ3n) is 8.85. The number of aliphatic hydroxyl groups excluding tert-OH is 1. The average Bonchev–Trinajstić information content (AvgIpc) is 3.20. The van der Waals surface area contributed by atoms with Gasteiger partial charge in [-0.1, -0.05) is 62.8 Å². The molecule has 0 radical (unpaired) electrons. The number of para-hydroxylation sites is 1. The number of carbonyl (C=O) groups is 3. The molecule has 0 aromatic heterocycles. The third-order valence-corrected chi connectivity index (χ3v) is 8.85. The molecule has 1 spiro atoms. The summed E-state index contributed by atoms with van der Waals surface area (Å²) in [5.74, 6) is -2.34. The summed E-state index contributed by atoms with van der Waals surface area (Å²) in [7, 11) is 1.72. The number of carbonyl (C=O) groups excluding carboxylic acids is 3. The van der Waals surface area contributed by atoms with Crippen LogP contribution in [0.15, 0.2) is 42.5 Å². The van der Waals surface area contributed by atoms with Crippen molar-refractivity contribution in [3.05, 3.63) is 53.6 Å². The van der Waals surface area contributed by atoms with Crippen LogP contribution in [-0.2, 0) is 19.1 Å². The van der Waals surface area contributed by atoms with Crippen molar-refractivity contribution >= 4 is 23.4 Å². The molecule has 1 aromatic carbocycles. The lowest BCUT2D eigenvalue weighted by molar-refractivity contribution is -0.147. The molecule has 3 amide bonds. The van der Waals surface area contributed by atoms with Gasteiger partial charge in [-0.05, 0) is 30.9 Å². The van der Waals surface area contributed by atoms with Crippen molar-refractivity contribution in [3.8, 4) is 0 Å². The number of hydrogen-bond acceptors (Lipinski definition) is 5. The van der Waals surface area contributed by atoms with Gasteiger partial charge >= 0.3 is 0 Å². The molecule has 1 N–H and O–H groups in total. The van der Waals surface area contributed by atoms with Gasteiger partial charge in [-0.2, -0.15) is 0 Å². The Morgan fingerprint density at radius 3 is 2.43 bits per heavy atom. The quantitative estimate of drug-likeness (QED) is 0.618. The van der Waals surface area contributed by atoms with Crippen LogP contribution in [0.2, 0.25) is 0 Å². The summed E-state index contributed by atoms with van der Waals surface area (Å²) in [4.78, 5) is 47.4. The summed E-state index contributed by atoms with van der Waals surface area (Å²) < 4.78 is 6.67. The second-order valence-corrected chi connectivity index (χ2v) is 11.0. The molecule has 4 heterocycles. The van der Waals surface area contributed by atoms with Crippen molar-refractivity contribution in [2.75, 3.05) is 31.6 Å². The maximum Gasteiger partial charge on any atom is 0.253 e. The maximum absolute atomic E-state index is 14.6. The smallest absolute Gasteiger partial charge is 0.253 e. The number of likely N-dealkylation sites (tertiary alicyclic amines) is 1. The van der Waals surface area contributed by atoms with Gasteiger partial charge in [0.15, 0.2) is 0 Å². The number of nitrogens with zero attached hydrogens (tertiary/aromatic N) is 3. The van der Waals surface area contributed by atoms with E-state index in [1.54, 1.807) is 21.7 Å². The van der Waals surface area contributed by atoms with Crippen LogP contribution in [0.4, 0.5) is 5.69 Å². The first-order valence-corrected chi connectivity index (χ1v) is 13.3. The van der Waals surface area contributed by atoms with E-state index in [2.05, 4.69) is 0 Å². The number of anilines is 1. The average molecular weight is 508 g/mol. The highest BCUT2D eigenvalue weighted by atomic mass is 16.5. The first-order valence-electron chi connectivity index (χ1n) is 13.3. The van der Waals surface area contributed by atoms with Crippen LogP contribution >= 0.6 is 0 Å². The fourth-order valence-corrected chi connectivity index (χ4v) is 6.81. The zero-order valence-electron chi connectivity index (χ0n) is 22.3. The van der Waals surface area contributed by atoms with E-state index in [9.17, 15) is 19.5 Å². The highest BCUT2D eigenvalue weighted by Crippen LogP contribution is 2.54. The summed E-state index contributed by atoms with van der Waals surface area (Å²) in [6.45, 7) is 8.42. The van der Waals surface area contributed by atoms with E-state index < -0.39 is 35.6 Å². The van der Waals surface area contributed by atoms with Gasteiger partial charge in [0.25, 0.3) is 5.91 Å². The molecule has 0 saturated carbocycles. The number of hydrogen-bond donors (Lipinski definition) is 1. The van der Waals surface area contributed by atoms with Crippen LogP contribution in [0, 0.1) is 31.6 Å². The molecule has 37 heavy (non-hydrogen) atoms. The van der Waals surface area contributed by atoms with Gasteiger partial charge in [0.2, 0.25) is 11.8 Å². The molecule has 0 bridgehead atoms. The van der Waals surface area contributed by atoms with Gasteiger partial charge in [0, 0.05) is 25.8 Å². The van der Waals surface area contributed by atoms with Crippen molar-refractivity contribution < 1.29 is 24.2 Å². The first-order chi connectivity index (χ1) is 17.7. The fraction of sp³-hybridized carbons (Fsp3) is 0.552. The number of aliphatic hydroxyl groups is 1. The van der Waals surface area contributed by atoms with Crippen LogP contribution < -0.4 is 4.90 Å². The van der Waals surface area contributed by atoms with Gasteiger partial charge in [0.05, 0.1) is 30.6 Å². The maximum atomic E-state index is 14.6. The molecular weight excluding hydrogens is 470 g/mol. The monoisotopic (exact) mass is 507 g/mol. The second-order valence-electron chi connectivity index (χ2n) is 11.0. The number of ether oxygens (including phenoxy) is 1. The van der Waals surface area contributed by atoms with Crippen LogP contribution in [-0.4, -0.2) is 83.2 Å². The Hall–Kier alpha value is -2.97. The largest absolute Gasteiger partial charge is 0.394 e. The van der Waals surface area contributed by atoms with Crippen LogP contribution in [0.1, 0.15) is 31.4 Å². The summed E-state index contributed by atoms with van der Waals surface area (Å²) in [5.41, 5.74) is 1.44. The summed E-state index contributed by atoms with van der Waals surface area (Å²) in [6, 6.07) is 4.34. The van der Waals surface area contributed by atoms with E-state index in [-0.39, 0.29) is 30.2 Å². The topological polar surface area (TPSA) is 90.4 Å². The van der Waals surface area contributed by atoms with E-state index in [4.69, 9.17) is 4.74 Å². The van der Waals surface area contributed by atoms with Crippen molar-refractivity contribution in [3.63, 3.8) is 0 Å². The number of rotatable bonds is 5. The Labute approximate surface area is 218 Å². The minimum Gasteiger partial charge on any atom is -0.394 e. The zero-order valence-corrected chi connectivity index (χ0v) is 22.3. The van der Waals surface area contributed by atoms with E-state index in [0.29, 0.717) is 13.1 Å². The summed E-state index contributed by atoms with van der Waals surface area (Å²) >= 11 is 0. The fourth-order valence-electron chi connectivity index (χ4n) is 6.81. The predicted octanol–water partition coefficient (Wildman–Crippen LogP) is 2.22. The molecule has 4 aliphatic heterocycles. The Balaban J connectivity index is 1.69. The summed E-state index contributed by atoms with van der Waals surface area (Å²) in [6.07, 6.45) is 7.62. The predicted molar refractivity (Wildman–Crippen MR) is 140 cm³/mol. The Morgan fingerprint density at radius 1 is 1.08 bits per heavy atom. The molecule has 1 unspecified atom stereocenters. The Kier molecular flexibility index (Phi) is 6.52. The van der Waals surface area contributed by atoms with E-state index in [1.165, 1.54) is 0 Å². The molecule has 7 atom stereocenters. The minimum absolute atomic E-state index is 0.0540. The van der Waals surface area contributed by atoms with Crippen molar-refractivity contribution in [1.29, 1.82) is 0 Å². The van der Waals surface area contributed by atoms with Crippen LogP contribution in [0.3, 0.4) is 0 Å². The summed E-state index contributed by atoms with van der Waals surface area (Å²) in [5, 5.41) is 10.5. The molecule has 8 heteroatoms. The third kappa shape index (κ3) is 3.67. The van der Waals surface area contributed by atoms with Crippen LogP contribution in [0.5, 0.6) is 0 Å². The van der Waals surface area contributed by atoms with Gasteiger partial charge in [-0.3, -0.25) is 14.4 Å². The van der Waals surface area contributed by atoms with E-state index >= 15 is 0 Å². The van der Waals surface area contributed by atoms with E-state index in [1.807, 2.05) is 70.2 Å². The number of aryl methyl sites for hydroxylation is 2. The number of amides is 3. The zero-order chi connectivity index (χ0) is 26.6.